The largest absolute Gasteiger partial charge is 0.491 e. The average molecular weight is 491 g/mol. The van der Waals surface area contributed by atoms with Gasteiger partial charge < -0.3 is 10.1 Å². The smallest absolute Gasteiger partial charge is 0.263 e. The van der Waals surface area contributed by atoms with Crippen LogP contribution in [0.2, 0.25) is 0 Å². The molecule has 168 valence electrons. The van der Waals surface area contributed by atoms with Crippen molar-refractivity contribution in [2.75, 3.05) is 12.4 Å². The lowest BCUT2D eigenvalue weighted by atomic mass is 10.1. The number of carbonyl (C=O) groups excluding carboxylic acids is 1. The second-order valence-electron chi connectivity index (χ2n) is 6.67. The van der Waals surface area contributed by atoms with Crippen molar-refractivity contribution in [2.24, 2.45) is 0 Å². The predicted octanol–water partition coefficient (Wildman–Crippen LogP) is 5.66. The molecule has 0 spiro atoms. The molecule has 4 aromatic rings. The van der Waals surface area contributed by atoms with Crippen molar-refractivity contribution in [2.45, 2.75) is 0 Å². The number of hydrogen-bond acceptors (Lipinski definition) is 5. The summed E-state index contributed by atoms with van der Waals surface area (Å²) in [6.45, 7) is 0. The predicted molar refractivity (Wildman–Crippen MR) is 122 cm³/mol. The fourth-order valence-corrected chi connectivity index (χ4v) is 4.07. The second kappa shape index (κ2) is 9.12. The van der Waals surface area contributed by atoms with Gasteiger partial charge in [0.1, 0.15) is 5.56 Å². The zero-order valence-electron chi connectivity index (χ0n) is 16.7. The molecule has 2 N–H and O–H groups in total. The van der Waals surface area contributed by atoms with Crippen LogP contribution in [-0.2, 0) is 0 Å². The highest BCUT2D eigenvalue weighted by Gasteiger charge is 2.30. The number of fused-ring (bicyclic) bond motifs is 1. The zero-order valence-corrected chi connectivity index (χ0v) is 18.3. The number of thiocarbonyl (C=S) groups is 1. The van der Waals surface area contributed by atoms with Gasteiger partial charge in [-0.15, -0.1) is 11.3 Å². The summed E-state index contributed by atoms with van der Waals surface area (Å²) < 4.78 is 60.3. The first-order valence-corrected chi connectivity index (χ1v) is 10.6. The Labute approximate surface area is 194 Å². The van der Waals surface area contributed by atoms with Gasteiger partial charge in [-0.1, -0.05) is 36.4 Å². The number of benzene rings is 3. The SMILES string of the molecule is COc1c(F)c(F)c(C(=O)NC(=S)Nc2nc(-c3ccc4ccccc4c3)cs2)c(F)c1F. The van der Waals surface area contributed by atoms with E-state index in [2.05, 4.69) is 15.0 Å². The van der Waals surface area contributed by atoms with Crippen molar-refractivity contribution < 1.29 is 27.1 Å². The third-order valence-corrected chi connectivity index (χ3v) is 5.61. The normalized spacial score (nSPS) is 10.8. The van der Waals surface area contributed by atoms with Crippen LogP contribution in [0.25, 0.3) is 22.0 Å². The van der Waals surface area contributed by atoms with Crippen molar-refractivity contribution in [1.82, 2.24) is 10.3 Å². The molecule has 0 bridgehead atoms. The molecule has 1 amide bonds. The van der Waals surface area contributed by atoms with Crippen molar-refractivity contribution >= 4 is 50.5 Å². The van der Waals surface area contributed by atoms with Crippen LogP contribution >= 0.6 is 23.6 Å². The number of nitrogens with one attached hydrogen (secondary N) is 2. The molecule has 0 aliphatic carbocycles. The first-order chi connectivity index (χ1) is 15.8. The Morgan fingerprint density at radius 2 is 1.67 bits per heavy atom. The maximum atomic E-state index is 14.1. The number of amides is 1. The van der Waals surface area contributed by atoms with Crippen LogP contribution in [0.3, 0.4) is 0 Å². The van der Waals surface area contributed by atoms with E-state index in [4.69, 9.17) is 12.2 Å². The maximum absolute atomic E-state index is 14.1. The minimum atomic E-state index is -1.90. The summed E-state index contributed by atoms with van der Waals surface area (Å²) in [5.41, 5.74) is 0.0194. The van der Waals surface area contributed by atoms with Crippen LogP contribution in [0.1, 0.15) is 10.4 Å². The number of thiazole rings is 1. The van der Waals surface area contributed by atoms with Gasteiger partial charge in [0.05, 0.1) is 12.8 Å². The third-order valence-electron chi connectivity index (χ3n) is 4.65. The van der Waals surface area contributed by atoms with E-state index in [1.807, 2.05) is 47.8 Å². The molecule has 11 heteroatoms. The van der Waals surface area contributed by atoms with Crippen LogP contribution in [0.4, 0.5) is 22.7 Å². The molecule has 5 nitrogen and oxygen atoms in total. The van der Waals surface area contributed by atoms with Gasteiger partial charge in [0, 0.05) is 10.9 Å². The number of nitrogens with zero attached hydrogens (tertiary/aromatic N) is 1. The molecular formula is C22H13F4N3O2S2. The number of aromatic nitrogens is 1. The van der Waals surface area contributed by atoms with E-state index in [-0.39, 0.29) is 10.2 Å². The van der Waals surface area contributed by atoms with E-state index in [0.717, 1.165) is 23.4 Å². The molecular weight excluding hydrogens is 478 g/mol. The van der Waals surface area contributed by atoms with Crippen molar-refractivity contribution in [3.63, 3.8) is 0 Å². The number of rotatable bonds is 4. The molecule has 0 unspecified atom stereocenters. The third kappa shape index (κ3) is 4.37. The number of hydrogen-bond donors (Lipinski definition) is 2. The minimum Gasteiger partial charge on any atom is -0.491 e. The lowest BCUT2D eigenvalue weighted by molar-refractivity contribution is 0.0966. The average Bonchev–Trinajstić information content (AvgIpc) is 3.26. The molecule has 0 saturated heterocycles. The summed E-state index contributed by atoms with van der Waals surface area (Å²) in [6.07, 6.45) is 0. The fraction of sp³-hybridized carbons (Fsp3) is 0.0455. The van der Waals surface area contributed by atoms with Crippen LogP contribution in [-0.4, -0.2) is 23.1 Å². The molecule has 0 aliphatic heterocycles. The fourth-order valence-electron chi connectivity index (χ4n) is 3.10. The molecule has 1 heterocycles. The molecule has 0 saturated carbocycles. The van der Waals surface area contributed by atoms with E-state index in [1.165, 1.54) is 11.3 Å². The van der Waals surface area contributed by atoms with Gasteiger partial charge in [-0.25, -0.2) is 13.8 Å². The second-order valence-corrected chi connectivity index (χ2v) is 7.94. The van der Waals surface area contributed by atoms with Crippen molar-refractivity contribution in [1.29, 1.82) is 0 Å². The summed E-state index contributed by atoms with van der Waals surface area (Å²) in [7, 11) is 0.833. The first-order valence-electron chi connectivity index (χ1n) is 9.27. The quantitative estimate of drug-likeness (QED) is 0.219. The Kier molecular flexibility index (Phi) is 6.25. The molecule has 0 radical (unpaired) electrons. The van der Waals surface area contributed by atoms with E-state index >= 15 is 0 Å². The number of anilines is 1. The molecule has 0 atom stereocenters. The summed E-state index contributed by atoms with van der Waals surface area (Å²) in [5, 5.41) is 8.38. The summed E-state index contributed by atoms with van der Waals surface area (Å²) >= 11 is 6.14. The number of carbonyl (C=O) groups is 1. The standard InChI is InChI=1S/C22H13F4N3O2S2/c1-31-19-17(25)15(23)14(16(24)18(19)26)20(30)28-21(32)29-22-27-13(9-33-22)12-7-6-10-4-2-3-5-11(10)8-12/h2-9H,1H3,(H2,27,28,29,30,32). The topological polar surface area (TPSA) is 63.2 Å². The van der Waals surface area contributed by atoms with Gasteiger partial charge in [-0.2, -0.15) is 8.78 Å². The Morgan fingerprint density at radius 3 is 2.33 bits per heavy atom. The van der Waals surface area contributed by atoms with Gasteiger partial charge >= 0.3 is 0 Å². The van der Waals surface area contributed by atoms with Gasteiger partial charge in [-0.05, 0) is 29.1 Å². The van der Waals surface area contributed by atoms with Gasteiger partial charge in [0.2, 0.25) is 11.6 Å². The highest BCUT2D eigenvalue weighted by molar-refractivity contribution is 7.80. The molecule has 1 aromatic heterocycles. The van der Waals surface area contributed by atoms with Crippen LogP contribution < -0.4 is 15.4 Å². The van der Waals surface area contributed by atoms with E-state index in [0.29, 0.717) is 5.69 Å². The molecule has 0 fully saturated rings. The van der Waals surface area contributed by atoms with Gasteiger partial charge in [0.25, 0.3) is 5.91 Å². The highest BCUT2D eigenvalue weighted by atomic mass is 32.1. The van der Waals surface area contributed by atoms with Gasteiger partial charge in [0.15, 0.2) is 27.6 Å². The maximum Gasteiger partial charge on any atom is 0.263 e. The molecule has 33 heavy (non-hydrogen) atoms. The Hall–Kier alpha value is -3.57. The first kappa shape index (κ1) is 22.6. The number of halogens is 4. The van der Waals surface area contributed by atoms with E-state index in [9.17, 15) is 22.4 Å². The Bertz CT molecular complexity index is 1380. The Morgan fingerprint density at radius 1 is 1.00 bits per heavy atom. The van der Waals surface area contributed by atoms with Gasteiger partial charge in [-0.3, -0.25) is 10.1 Å². The van der Waals surface area contributed by atoms with E-state index < -0.39 is 40.5 Å². The molecule has 4 rings (SSSR count). The van der Waals surface area contributed by atoms with Crippen molar-refractivity contribution in [3.05, 3.63) is 76.7 Å². The minimum absolute atomic E-state index is 0.288. The summed E-state index contributed by atoms with van der Waals surface area (Å²) in [6, 6.07) is 13.6. The molecule has 0 aliphatic rings. The summed E-state index contributed by atoms with van der Waals surface area (Å²) in [4.78, 5) is 16.6. The highest BCUT2D eigenvalue weighted by Crippen LogP contribution is 2.30. The number of ether oxygens (including phenoxy) is 1. The Balaban J connectivity index is 1.50. The van der Waals surface area contributed by atoms with Crippen molar-refractivity contribution in [3.8, 4) is 17.0 Å². The van der Waals surface area contributed by atoms with E-state index in [1.54, 1.807) is 5.38 Å². The monoisotopic (exact) mass is 491 g/mol. The lowest BCUT2D eigenvalue weighted by Gasteiger charge is -2.12. The zero-order chi connectivity index (χ0) is 23.7. The molecule has 3 aromatic carbocycles. The lowest BCUT2D eigenvalue weighted by Crippen LogP contribution is -2.35. The summed E-state index contributed by atoms with van der Waals surface area (Å²) in [5.74, 6) is -10.2. The van der Waals surface area contributed by atoms with Crippen LogP contribution in [0.5, 0.6) is 5.75 Å². The number of methoxy groups -OCH3 is 1. The van der Waals surface area contributed by atoms with Crippen LogP contribution in [0.15, 0.2) is 47.8 Å². The van der Waals surface area contributed by atoms with Crippen LogP contribution in [0, 0.1) is 23.3 Å².